The second-order valence-electron chi connectivity index (χ2n) is 4.28. The van der Waals surface area contributed by atoms with Gasteiger partial charge < -0.3 is 10.5 Å². The van der Waals surface area contributed by atoms with Crippen LogP contribution in [0.3, 0.4) is 0 Å². The molecular formula is C13H25NO3. The molecule has 0 saturated heterocycles. The first-order chi connectivity index (χ1) is 8.20. The van der Waals surface area contributed by atoms with Crippen molar-refractivity contribution in [1.82, 2.24) is 0 Å². The lowest BCUT2D eigenvalue weighted by atomic mass is 10.1. The molecule has 0 aromatic rings. The monoisotopic (exact) mass is 243 g/mol. The van der Waals surface area contributed by atoms with E-state index in [1.54, 1.807) is 0 Å². The normalized spacial score (nSPS) is 10.2. The van der Waals surface area contributed by atoms with Gasteiger partial charge >= 0.3 is 11.9 Å². The summed E-state index contributed by atoms with van der Waals surface area (Å²) in [5, 5.41) is 0. The number of carbonyl (C=O) groups is 2. The van der Waals surface area contributed by atoms with Crippen molar-refractivity contribution in [2.24, 2.45) is 5.73 Å². The fourth-order valence-corrected chi connectivity index (χ4v) is 1.62. The van der Waals surface area contributed by atoms with Crippen molar-refractivity contribution >= 4 is 11.9 Å². The minimum Gasteiger partial charge on any atom is -0.392 e. The van der Waals surface area contributed by atoms with Crippen LogP contribution in [0.15, 0.2) is 0 Å². The van der Waals surface area contributed by atoms with Crippen LogP contribution in [-0.4, -0.2) is 18.5 Å². The van der Waals surface area contributed by atoms with Crippen LogP contribution in [0, 0.1) is 0 Å². The minimum absolute atomic E-state index is 0.233. The molecule has 0 bridgehead atoms. The van der Waals surface area contributed by atoms with Gasteiger partial charge in [0.05, 0.1) is 6.54 Å². The highest BCUT2D eigenvalue weighted by molar-refractivity contribution is 5.86. The first-order valence-electron chi connectivity index (χ1n) is 6.64. The number of carbonyl (C=O) groups excluding carboxylic acids is 2. The van der Waals surface area contributed by atoms with E-state index in [2.05, 4.69) is 11.7 Å². The third-order valence-electron chi connectivity index (χ3n) is 2.63. The van der Waals surface area contributed by atoms with Crippen LogP contribution >= 0.6 is 0 Å². The first-order valence-corrected chi connectivity index (χ1v) is 6.64. The molecule has 0 heterocycles. The molecule has 0 radical (unpaired) electrons. The molecule has 0 aliphatic heterocycles. The average molecular weight is 243 g/mol. The summed E-state index contributed by atoms with van der Waals surface area (Å²) in [5.74, 6) is -1.10. The molecule has 4 nitrogen and oxygen atoms in total. The maximum absolute atomic E-state index is 11.1. The molecule has 0 amide bonds. The van der Waals surface area contributed by atoms with Gasteiger partial charge in [0.2, 0.25) is 0 Å². The van der Waals surface area contributed by atoms with Crippen molar-refractivity contribution in [2.75, 3.05) is 6.54 Å². The van der Waals surface area contributed by atoms with Crippen LogP contribution in [0.2, 0.25) is 0 Å². The third kappa shape index (κ3) is 11.4. The molecule has 17 heavy (non-hydrogen) atoms. The van der Waals surface area contributed by atoms with Gasteiger partial charge in [0.1, 0.15) is 0 Å². The Bertz CT molecular complexity index is 217. The van der Waals surface area contributed by atoms with E-state index < -0.39 is 11.9 Å². The van der Waals surface area contributed by atoms with Gasteiger partial charge in [-0.25, -0.2) is 0 Å². The van der Waals surface area contributed by atoms with E-state index in [-0.39, 0.29) is 6.54 Å². The molecule has 0 aliphatic rings. The SMILES string of the molecule is CCCCCCCCCCC(=O)OC(=O)CN. The lowest BCUT2D eigenvalue weighted by molar-refractivity contribution is -0.158. The zero-order valence-corrected chi connectivity index (χ0v) is 10.9. The van der Waals surface area contributed by atoms with E-state index in [1.165, 1.54) is 32.1 Å². The number of esters is 2. The summed E-state index contributed by atoms with van der Waals surface area (Å²) in [6.45, 7) is 1.97. The predicted octanol–water partition coefficient (Wildman–Crippen LogP) is 2.55. The van der Waals surface area contributed by atoms with Gasteiger partial charge in [-0.05, 0) is 6.42 Å². The standard InChI is InChI=1S/C13H25NO3/c1-2-3-4-5-6-7-8-9-10-12(15)17-13(16)11-14/h2-11,14H2,1H3. The molecule has 4 heteroatoms. The summed E-state index contributed by atoms with van der Waals surface area (Å²) < 4.78 is 4.46. The topological polar surface area (TPSA) is 69.4 Å². The third-order valence-corrected chi connectivity index (χ3v) is 2.63. The van der Waals surface area contributed by atoms with Crippen molar-refractivity contribution in [3.8, 4) is 0 Å². The Morgan fingerprint density at radius 3 is 1.94 bits per heavy atom. The van der Waals surface area contributed by atoms with E-state index >= 15 is 0 Å². The predicted molar refractivity (Wildman–Crippen MR) is 67.4 cm³/mol. The largest absolute Gasteiger partial charge is 0.392 e. The molecule has 0 spiro atoms. The Labute approximate surface area is 104 Å². The summed E-state index contributed by atoms with van der Waals surface area (Å²) in [6, 6.07) is 0. The smallest absolute Gasteiger partial charge is 0.327 e. The van der Waals surface area contributed by atoms with Crippen molar-refractivity contribution in [3.63, 3.8) is 0 Å². The Morgan fingerprint density at radius 2 is 1.41 bits per heavy atom. The van der Waals surface area contributed by atoms with Crippen LogP contribution in [0.25, 0.3) is 0 Å². The maximum Gasteiger partial charge on any atom is 0.327 e. The number of hydrogen-bond acceptors (Lipinski definition) is 4. The lowest BCUT2D eigenvalue weighted by Crippen LogP contribution is -2.20. The average Bonchev–Trinajstić information content (AvgIpc) is 2.32. The van der Waals surface area contributed by atoms with Gasteiger partial charge in [-0.15, -0.1) is 0 Å². The van der Waals surface area contributed by atoms with Crippen molar-refractivity contribution in [3.05, 3.63) is 0 Å². The number of unbranched alkanes of at least 4 members (excludes halogenated alkanes) is 7. The van der Waals surface area contributed by atoms with Crippen molar-refractivity contribution in [2.45, 2.75) is 64.7 Å². The van der Waals surface area contributed by atoms with E-state index in [1.807, 2.05) is 0 Å². The molecule has 0 fully saturated rings. The summed E-state index contributed by atoms with van der Waals surface area (Å²) in [4.78, 5) is 21.8. The number of nitrogens with two attached hydrogens (primary N) is 1. The fraction of sp³-hybridized carbons (Fsp3) is 0.846. The van der Waals surface area contributed by atoms with Crippen molar-refractivity contribution < 1.29 is 14.3 Å². The Morgan fingerprint density at radius 1 is 0.882 bits per heavy atom. The fourth-order valence-electron chi connectivity index (χ4n) is 1.62. The van der Waals surface area contributed by atoms with E-state index in [9.17, 15) is 9.59 Å². The van der Waals surface area contributed by atoms with Crippen LogP contribution in [0.1, 0.15) is 64.7 Å². The van der Waals surface area contributed by atoms with Gasteiger partial charge in [-0.1, -0.05) is 51.9 Å². The van der Waals surface area contributed by atoms with E-state index in [0.717, 1.165) is 19.3 Å². The summed E-state index contributed by atoms with van der Waals surface area (Å²) in [6.07, 6.45) is 9.70. The molecule has 0 saturated carbocycles. The zero-order chi connectivity index (χ0) is 12.9. The molecule has 2 N–H and O–H groups in total. The Kier molecular flexibility index (Phi) is 11.0. The maximum atomic E-state index is 11.1. The second kappa shape index (κ2) is 11.6. The van der Waals surface area contributed by atoms with E-state index in [0.29, 0.717) is 6.42 Å². The second-order valence-corrected chi connectivity index (χ2v) is 4.28. The molecule has 100 valence electrons. The highest BCUT2D eigenvalue weighted by Gasteiger charge is 2.07. The van der Waals surface area contributed by atoms with Crippen LogP contribution in [-0.2, 0) is 14.3 Å². The quantitative estimate of drug-likeness (QED) is 0.363. The highest BCUT2D eigenvalue weighted by atomic mass is 16.6. The molecule has 0 aromatic heterocycles. The van der Waals surface area contributed by atoms with Gasteiger partial charge in [-0.3, -0.25) is 9.59 Å². The van der Waals surface area contributed by atoms with Crippen LogP contribution in [0.4, 0.5) is 0 Å². The summed E-state index contributed by atoms with van der Waals surface area (Å²) >= 11 is 0. The number of hydrogen-bond donors (Lipinski definition) is 1. The van der Waals surface area contributed by atoms with Gasteiger partial charge in [0, 0.05) is 6.42 Å². The van der Waals surface area contributed by atoms with Gasteiger partial charge in [-0.2, -0.15) is 0 Å². The summed E-state index contributed by atoms with van der Waals surface area (Å²) in [7, 11) is 0. The van der Waals surface area contributed by atoms with Crippen LogP contribution < -0.4 is 5.73 Å². The van der Waals surface area contributed by atoms with Crippen LogP contribution in [0.5, 0.6) is 0 Å². The lowest BCUT2D eigenvalue weighted by Gasteiger charge is -2.02. The molecule has 0 atom stereocenters. The first kappa shape index (κ1) is 16.1. The minimum atomic E-state index is -0.644. The van der Waals surface area contributed by atoms with Crippen molar-refractivity contribution in [1.29, 1.82) is 0 Å². The Hall–Kier alpha value is -0.900. The number of ether oxygens (including phenoxy) is 1. The molecule has 0 rings (SSSR count). The Balaban J connectivity index is 3.22. The van der Waals surface area contributed by atoms with Gasteiger partial charge in [0.25, 0.3) is 0 Å². The van der Waals surface area contributed by atoms with E-state index in [4.69, 9.17) is 5.73 Å². The molecule has 0 aromatic carbocycles. The summed E-state index contributed by atoms with van der Waals surface area (Å²) in [5.41, 5.74) is 5.03. The molecular weight excluding hydrogens is 218 g/mol. The highest BCUT2D eigenvalue weighted by Crippen LogP contribution is 2.09. The number of rotatable bonds is 10. The molecule has 0 unspecified atom stereocenters. The van der Waals surface area contributed by atoms with Gasteiger partial charge in [0.15, 0.2) is 0 Å². The zero-order valence-electron chi connectivity index (χ0n) is 10.9. The molecule has 0 aliphatic carbocycles.